The number of carbonyl (C=O) groups excluding carboxylic acids is 4. The number of carbonyl (C=O) groups is 4. The number of ether oxygens (including phenoxy) is 4. The van der Waals surface area contributed by atoms with Crippen LogP contribution < -0.4 is 0 Å². The van der Waals surface area contributed by atoms with Gasteiger partial charge in [-0.1, -0.05) is 318 Å². The number of phosphoric ester groups is 2. The molecule has 0 rings (SSSR count). The Morgan fingerprint density at radius 1 is 0.308 bits per heavy atom. The maximum absolute atomic E-state index is 13.0. The molecule has 4 unspecified atom stereocenters. The summed E-state index contributed by atoms with van der Waals surface area (Å²) in [4.78, 5) is 72.6. The Labute approximate surface area is 556 Å². The van der Waals surface area contributed by atoms with Crippen LogP contribution in [0.3, 0.4) is 0 Å². The van der Waals surface area contributed by atoms with Crippen molar-refractivity contribution < 1.29 is 80.2 Å². The lowest BCUT2D eigenvalue weighted by Gasteiger charge is -2.21. The number of rotatable bonds is 71. The molecule has 0 spiro atoms. The van der Waals surface area contributed by atoms with Crippen molar-refractivity contribution in [2.45, 2.75) is 387 Å². The van der Waals surface area contributed by atoms with Gasteiger partial charge >= 0.3 is 39.5 Å². The van der Waals surface area contributed by atoms with Crippen LogP contribution >= 0.6 is 15.6 Å². The molecule has 7 atom stereocenters. The predicted octanol–water partition coefficient (Wildman–Crippen LogP) is 20.8. The Balaban J connectivity index is 5.25. The van der Waals surface area contributed by atoms with Crippen LogP contribution in [-0.2, 0) is 65.4 Å². The number of phosphoric acid groups is 2. The van der Waals surface area contributed by atoms with Crippen molar-refractivity contribution in [3.8, 4) is 0 Å². The fraction of sp³-hybridized carbons (Fsp3) is 0.944. The van der Waals surface area contributed by atoms with Crippen molar-refractivity contribution in [1.82, 2.24) is 0 Å². The molecule has 0 aliphatic rings. The van der Waals surface area contributed by atoms with Gasteiger partial charge in [0.1, 0.15) is 19.3 Å². The van der Waals surface area contributed by atoms with Crippen LogP contribution in [0.15, 0.2) is 0 Å². The number of unbranched alkanes of at least 4 members (excludes halogenated alkanes) is 39. The lowest BCUT2D eigenvalue weighted by Crippen LogP contribution is -2.30. The van der Waals surface area contributed by atoms with Crippen molar-refractivity contribution in [2.75, 3.05) is 39.6 Å². The molecule has 540 valence electrons. The van der Waals surface area contributed by atoms with E-state index in [9.17, 15) is 43.2 Å². The highest BCUT2D eigenvalue weighted by Gasteiger charge is 2.30. The van der Waals surface area contributed by atoms with Gasteiger partial charge in [0.25, 0.3) is 0 Å². The molecule has 91 heavy (non-hydrogen) atoms. The second kappa shape index (κ2) is 64.1. The quantitative estimate of drug-likeness (QED) is 0.0222. The van der Waals surface area contributed by atoms with Crippen LogP contribution in [0, 0.1) is 11.8 Å². The number of aliphatic hydroxyl groups excluding tert-OH is 1. The summed E-state index contributed by atoms with van der Waals surface area (Å²) in [6.45, 7) is 9.58. The molecule has 0 heterocycles. The van der Waals surface area contributed by atoms with Gasteiger partial charge in [-0.15, -0.1) is 0 Å². The fourth-order valence-electron chi connectivity index (χ4n) is 10.9. The smallest absolute Gasteiger partial charge is 0.462 e. The van der Waals surface area contributed by atoms with Crippen molar-refractivity contribution >= 4 is 39.5 Å². The Hall–Kier alpha value is -1.94. The summed E-state index contributed by atoms with van der Waals surface area (Å²) < 4.78 is 68.4. The zero-order valence-corrected chi connectivity index (χ0v) is 60.9. The molecule has 0 aliphatic carbocycles. The van der Waals surface area contributed by atoms with Gasteiger partial charge in [0, 0.05) is 25.7 Å². The highest BCUT2D eigenvalue weighted by molar-refractivity contribution is 7.47. The molecule has 0 aromatic rings. The van der Waals surface area contributed by atoms with Crippen LogP contribution in [0.2, 0.25) is 0 Å². The third-order valence-electron chi connectivity index (χ3n) is 17.4. The minimum atomic E-state index is -4.95. The van der Waals surface area contributed by atoms with Crippen molar-refractivity contribution in [3.63, 3.8) is 0 Å². The van der Waals surface area contributed by atoms with E-state index in [-0.39, 0.29) is 25.7 Å². The van der Waals surface area contributed by atoms with Gasteiger partial charge in [-0.25, -0.2) is 9.13 Å². The van der Waals surface area contributed by atoms with Crippen LogP contribution in [-0.4, -0.2) is 96.7 Å². The number of hydrogen-bond donors (Lipinski definition) is 3. The van der Waals surface area contributed by atoms with E-state index in [2.05, 4.69) is 41.5 Å². The topological polar surface area (TPSA) is 237 Å². The molecule has 0 aromatic heterocycles. The molecule has 17 nitrogen and oxygen atoms in total. The van der Waals surface area contributed by atoms with Crippen LogP contribution in [0.4, 0.5) is 0 Å². The molecule has 0 amide bonds. The first-order chi connectivity index (χ1) is 43.9. The van der Waals surface area contributed by atoms with E-state index < -0.39 is 97.5 Å². The molecule has 3 N–H and O–H groups in total. The summed E-state index contributed by atoms with van der Waals surface area (Å²) in [6.07, 6.45) is 49.8. The third kappa shape index (κ3) is 63.9. The first-order valence-electron chi connectivity index (χ1n) is 37.6. The van der Waals surface area contributed by atoms with Gasteiger partial charge < -0.3 is 33.8 Å². The number of hydrogen-bond acceptors (Lipinski definition) is 15. The minimum Gasteiger partial charge on any atom is -0.462 e. The second-order valence-electron chi connectivity index (χ2n) is 26.5. The van der Waals surface area contributed by atoms with Gasteiger partial charge in [0.2, 0.25) is 0 Å². The van der Waals surface area contributed by atoms with E-state index in [4.69, 9.17) is 37.0 Å². The highest BCUT2D eigenvalue weighted by Crippen LogP contribution is 2.45. The van der Waals surface area contributed by atoms with Gasteiger partial charge in [0.05, 0.1) is 26.4 Å². The van der Waals surface area contributed by atoms with Crippen molar-refractivity contribution in [2.24, 2.45) is 11.8 Å². The lowest BCUT2D eigenvalue weighted by atomic mass is 9.99. The van der Waals surface area contributed by atoms with Crippen LogP contribution in [0.5, 0.6) is 0 Å². The first kappa shape index (κ1) is 89.1. The standard InChI is InChI=1S/C72H140O17P2/c1-7-11-13-15-17-19-20-21-22-23-24-25-31-38-44-50-56-71(76)88-67(61-83-70(75)55-49-43-37-30-27-26-29-34-40-46-52-64(5)9-3)62-86-90(78,79)84-58-66(73)59-85-91(80,81)87-63-68(60-82-69(74)54-48-42-36-28-18-16-14-12-8-2)89-72(77)57-51-45-39-33-32-35-41-47-53-65(6)10-4/h64-68,73H,7-63H2,1-6H3,(H,78,79)(H,80,81)/t64?,65?,66-,67-,68-/m1/s1. The number of aliphatic hydroxyl groups is 1. The monoisotopic (exact) mass is 1340 g/mol. The molecule has 0 bridgehead atoms. The minimum absolute atomic E-state index is 0.105. The fourth-order valence-corrected chi connectivity index (χ4v) is 12.5. The Morgan fingerprint density at radius 3 is 0.780 bits per heavy atom. The van der Waals surface area contributed by atoms with Gasteiger partial charge in [-0.05, 0) is 37.5 Å². The molecule has 0 aliphatic heterocycles. The molecule has 0 saturated heterocycles. The summed E-state index contributed by atoms with van der Waals surface area (Å²) in [6, 6.07) is 0. The Bertz CT molecular complexity index is 1770. The molecule has 0 aromatic carbocycles. The normalized spacial score (nSPS) is 14.7. The predicted molar refractivity (Wildman–Crippen MR) is 368 cm³/mol. The first-order valence-corrected chi connectivity index (χ1v) is 40.6. The average molecular weight is 1340 g/mol. The molecular formula is C72H140O17P2. The second-order valence-corrected chi connectivity index (χ2v) is 29.4. The summed E-state index contributed by atoms with van der Waals surface area (Å²) in [7, 11) is -9.90. The molecule has 0 saturated carbocycles. The van der Waals surface area contributed by atoms with Crippen LogP contribution in [0.25, 0.3) is 0 Å². The Morgan fingerprint density at radius 2 is 0.527 bits per heavy atom. The van der Waals surface area contributed by atoms with E-state index in [1.54, 1.807) is 0 Å². The summed E-state index contributed by atoms with van der Waals surface area (Å²) >= 11 is 0. The highest BCUT2D eigenvalue weighted by atomic mass is 31.2. The van der Waals surface area contributed by atoms with E-state index in [0.29, 0.717) is 25.7 Å². The summed E-state index contributed by atoms with van der Waals surface area (Å²) in [5.74, 6) is -0.543. The molecular weight excluding hydrogens is 1200 g/mol. The van der Waals surface area contributed by atoms with Gasteiger partial charge in [0.15, 0.2) is 12.2 Å². The van der Waals surface area contributed by atoms with E-state index in [1.807, 2.05) is 0 Å². The number of esters is 4. The molecule has 19 heteroatoms. The summed E-state index contributed by atoms with van der Waals surface area (Å²) in [5.41, 5.74) is 0. The van der Waals surface area contributed by atoms with Gasteiger partial charge in [-0.3, -0.25) is 37.3 Å². The maximum atomic E-state index is 13.0. The lowest BCUT2D eigenvalue weighted by molar-refractivity contribution is -0.161. The van der Waals surface area contributed by atoms with E-state index in [1.165, 1.54) is 186 Å². The largest absolute Gasteiger partial charge is 0.472 e. The van der Waals surface area contributed by atoms with E-state index >= 15 is 0 Å². The summed E-state index contributed by atoms with van der Waals surface area (Å²) in [5, 5.41) is 10.6. The van der Waals surface area contributed by atoms with Gasteiger partial charge in [-0.2, -0.15) is 0 Å². The SMILES string of the molecule is CCCCCCCCCCCCCCCCCCC(=O)O[C@H](COC(=O)CCCCCCCCCCCCC(C)CC)COP(=O)(O)OC[C@@H](O)COP(=O)(O)OC[C@@H](COC(=O)CCCCCCCCCCC)OC(=O)CCCCCCCCCCC(C)CC. The Kier molecular flexibility index (Phi) is 62.7. The molecule has 0 radical (unpaired) electrons. The zero-order valence-electron chi connectivity index (χ0n) is 59.1. The van der Waals surface area contributed by atoms with Crippen molar-refractivity contribution in [1.29, 1.82) is 0 Å². The third-order valence-corrected chi connectivity index (χ3v) is 19.3. The van der Waals surface area contributed by atoms with Crippen molar-refractivity contribution in [3.05, 3.63) is 0 Å². The molecule has 0 fully saturated rings. The van der Waals surface area contributed by atoms with E-state index in [0.717, 1.165) is 102 Å². The average Bonchev–Trinajstić information content (AvgIpc) is 3.63. The maximum Gasteiger partial charge on any atom is 0.472 e. The van der Waals surface area contributed by atoms with Crippen LogP contribution in [0.1, 0.15) is 369 Å². The zero-order chi connectivity index (χ0) is 67.2.